The van der Waals surface area contributed by atoms with E-state index in [1.54, 1.807) is 0 Å². The summed E-state index contributed by atoms with van der Waals surface area (Å²) in [6.45, 7) is -0.569. The molecule has 4 nitrogen and oxygen atoms in total. The van der Waals surface area contributed by atoms with Crippen molar-refractivity contribution in [2.24, 2.45) is 0 Å². The molecule has 2 atom stereocenters. The van der Waals surface area contributed by atoms with Crippen LogP contribution in [-0.2, 0) is 0 Å². The molecule has 13 heavy (non-hydrogen) atoms. The third kappa shape index (κ3) is 2.45. The van der Waals surface area contributed by atoms with E-state index < -0.39 is 24.6 Å². The Morgan fingerprint density at radius 1 is 1.38 bits per heavy atom. The number of hydrogen-bond acceptors (Lipinski definition) is 4. The van der Waals surface area contributed by atoms with Crippen molar-refractivity contribution in [1.29, 1.82) is 0 Å². The van der Waals surface area contributed by atoms with E-state index in [2.05, 4.69) is 4.98 Å². The number of aromatic nitrogens is 1. The highest BCUT2D eigenvalue weighted by atomic mass is 19.1. The van der Waals surface area contributed by atoms with Crippen LogP contribution < -0.4 is 0 Å². The number of aliphatic hydroxyl groups excluding tert-OH is 3. The predicted molar refractivity (Wildman–Crippen MR) is 42.2 cm³/mol. The van der Waals surface area contributed by atoms with E-state index in [1.807, 2.05) is 0 Å². The maximum Gasteiger partial charge on any atom is 0.141 e. The van der Waals surface area contributed by atoms with E-state index in [0.717, 1.165) is 12.3 Å². The van der Waals surface area contributed by atoms with Gasteiger partial charge in [-0.25, -0.2) is 4.39 Å². The Morgan fingerprint density at radius 3 is 2.54 bits per heavy atom. The molecule has 2 unspecified atom stereocenters. The summed E-state index contributed by atoms with van der Waals surface area (Å²) in [5, 5.41) is 26.8. The zero-order valence-electron chi connectivity index (χ0n) is 6.76. The molecule has 0 saturated heterocycles. The molecular weight excluding hydrogens is 177 g/mol. The highest BCUT2D eigenvalue weighted by molar-refractivity contribution is 5.09. The lowest BCUT2D eigenvalue weighted by molar-refractivity contribution is -0.0173. The summed E-state index contributed by atoms with van der Waals surface area (Å²) in [7, 11) is 0. The third-order valence-electron chi connectivity index (χ3n) is 1.60. The Kier molecular flexibility index (Phi) is 3.30. The van der Waals surface area contributed by atoms with Crippen LogP contribution in [0.1, 0.15) is 11.8 Å². The van der Waals surface area contributed by atoms with E-state index in [4.69, 9.17) is 10.2 Å². The minimum Gasteiger partial charge on any atom is -0.394 e. The number of rotatable bonds is 3. The van der Waals surface area contributed by atoms with Crippen molar-refractivity contribution in [2.75, 3.05) is 6.61 Å². The average Bonchev–Trinajstić information content (AvgIpc) is 2.17. The SMILES string of the molecule is OCC(O)C(O)c1ccc(F)cn1. The van der Waals surface area contributed by atoms with Crippen LogP contribution in [0.15, 0.2) is 18.3 Å². The molecule has 0 bridgehead atoms. The first kappa shape index (κ1) is 10.0. The van der Waals surface area contributed by atoms with Crippen molar-refractivity contribution in [1.82, 2.24) is 4.98 Å². The fraction of sp³-hybridized carbons (Fsp3) is 0.375. The molecule has 0 amide bonds. The van der Waals surface area contributed by atoms with Gasteiger partial charge in [0.05, 0.1) is 18.5 Å². The molecule has 0 fully saturated rings. The Bertz CT molecular complexity index is 265. The predicted octanol–water partition coefficient (Wildman–Crippen LogP) is -0.393. The molecule has 0 aliphatic rings. The lowest BCUT2D eigenvalue weighted by Crippen LogP contribution is -2.22. The Morgan fingerprint density at radius 2 is 2.08 bits per heavy atom. The fourth-order valence-corrected chi connectivity index (χ4v) is 0.859. The first-order valence-electron chi connectivity index (χ1n) is 3.73. The fourth-order valence-electron chi connectivity index (χ4n) is 0.859. The molecule has 1 heterocycles. The van der Waals surface area contributed by atoms with Gasteiger partial charge in [0.2, 0.25) is 0 Å². The molecule has 3 N–H and O–H groups in total. The summed E-state index contributed by atoms with van der Waals surface area (Å²) in [6.07, 6.45) is -1.65. The van der Waals surface area contributed by atoms with E-state index in [-0.39, 0.29) is 5.69 Å². The number of aliphatic hydroxyl groups is 3. The van der Waals surface area contributed by atoms with Gasteiger partial charge >= 0.3 is 0 Å². The van der Waals surface area contributed by atoms with E-state index in [1.165, 1.54) is 6.07 Å². The summed E-state index contributed by atoms with van der Waals surface area (Å²) in [5.74, 6) is -0.519. The highest BCUT2D eigenvalue weighted by Crippen LogP contribution is 2.13. The van der Waals surface area contributed by atoms with E-state index >= 15 is 0 Å². The quantitative estimate of drug-likeness (QED) is 0.602. The van der Waals surface area contributed by atoms with Gasteiger partial charge in [0.15, 0.2) is 0 Å². The van der Waals surface area contributed by atoms with Gasteiger partial charge < -0.3 is 15.3 Å². The molecule has 1 aromatic rings. The molecule has 5 heteroatoms. The van der Waals surface area contributed by atoms with Crippen molar-refractivity contribution >= 4 is 0 Å². The molecule has 0 spiro atoms. The topological polar surface area (TPSA) is 73.6 Å². The molecule has 0 radical (unpaired) electrons. The number of pyridine rings is 1. The summed E-state index contributed by atoms with van der Waals surface area (Å²) in [6, 6.07) is 2.37. The zero-order valence-corrected chi connectivity index (χ0v) is 6.76. The average molecular weight is 187 g/mol. The van der Waals surface area contributed by atoms with Crippen LogP contribution in [0.25, 0.3) is 0 Å². The summed E-state index contributed by atoms with van der Waals surface area (Å²) in [5.41, 5.74) is 0.128. The molecular formula is C8H10FNO3. The van der Waals surface area contributed by atoms with Crippen molar-refractivity contribution in [3.8, 4) is 0 Å². The van der Waals surface area contributed by atoms with Crippen LogP contribution in [0.4, 0.5) is 4.39 Å². The largest absolute Gasteiger partial charge is 0.394 e. The monoisotopic (exact) mass is 187 g/mol. The van der Waals surface area contributed by atoms with Gasteiger partial charge in [0, 0.05) is 0 Å². The maximum absolute atomic E-state index is 12.4. The van der Waals surface area contributed by atoms with Crippen LogP contribution in [0.2, 0.25) is 0 Å². The van der Waals surface area contributed by atoms with Gasteiger partial charge in [0.1, 0.15) is 18.0 Å². The second-order valence-electron chi connectivity index (χ2n) is 2.60. The van der Waals surface area contributed by atoms with Gasteiger partial charge in [-0.2, -0.15) is 0 Å². The minimum absolute atomic E-state index is 0.128. The lowest BCUT2D eigenvalue weighted by Gasteiger charge is -2.14. The Balaban J connectivity index is 2.77. The lowest BCUT2D eigenvalue weighted by atomic mass is 10.1. The van der Waals surface area contributed by atoms with Crippen LogP contribution in [-0.4, -0.2) is 33.0 Å². The molecule has 0 aliphatic carbocycles. The first-order chi connectivity index (χ1) is 6.15. The Labute approximate surface area is 74.3 Å². The van der Waals surface area contributed by atoms with Gasteiger partial charge in [-0.05, 0) is 12.1 Å². The number of nitrogens with zero attached hydrogens (tertiary/aromatic N) is 1. The van der Waals surface area contributed by atoms with Crippen LogP contribution >= 0.6 is 0 Å². The van der Waals surface area contributed by atoms with Gasteiger partial charge in [-0.1, -0.05) is 0 Å². The zero-order chi connectivity index (χ0) is 9.84. The van der Waals surface area contributed by atoms with Crippen LogP contribution in [0.5, 0.6) is 0 Å². The van der Waals surface area contributed by atoms with Gasteiger partial charge in [-0.3, -0.25) is 4.98 Å². The number of hydrogen-bond donors (Lipinski definition) is 3. The first-order valence-corrected chi connectivity index (χ1v) is 3.73. The second-order valence-corrected chi connectivity index (χ2v) is 2.60. The van der Waals surface area contributed by atoms with Crippen LogP contribution in [0, 0.1) is 5.82 Å². The van der Waals surface area contributed by atoms with Crippen molar-refractivity contribution < 1.29 is 19.7 Å². The smallest absolute Gasteiger partial charge is 0.141 e. The molecule has 1 aromatic heterocycles. The van der Waals surface area contributed by atoms with Gasteiger partial charge in [0.25, 0.3) is 0 Å². The van der Waals surface area contributed by atoms with Gasteiger partial charge in [-0.15, -0.1) is 0 Å². The molecule has 0 saturated carbocycles. The standard InChI is InChI=1S/C8H10FNO3/c9-5-1-2-6(10-3-5)8(13)7(12)4-11/h1-3,7-8,11-13H,4H2. The summed E-state index contributed by atoms with van der Waals surface area (Å²) < 4.78 is 12.4. The van der Waals surface area contributed by atoms with Crippen molar-refractivity contribution in [3.63, 3.8) is 0 Å². The van der Waals surface area contributed by atoms with Crippen molar-refractivity contribution in [2.45, 2.75) is 12.2 Å². The molecule has 0 aromatic carbocycles. The maximum atomic E-state index is 12.4. The second kappa shape index (κ2) is 4.27. The molecule has 1 rings (SSSR count). The minimum atomic E-state index is -1.29. The normalized spacial score (nSPS) is 15.4. The highest BCUT2D eigenvalue weighted by Gasteiger charge is 2.18. The van der Waals surface area contributed by atoms with E-state index in [9.17, 15) is 9.50 Å². The molecule has 72 valence electrons. The van der Waals surface area contributed by atoms with E-state index in [0.29, 0.717) is 0 Å². The van der Waals surface area contributed by atoms with Crippen molar-refractivity contribution in [3.05, 3.63) is 29.8 Å². The molecule has 0 aliphatic heterocycles. The third-order valence-corrected chi connectivity index (χ3v) is 1.60. The van der Waals surface area contributed by atoms with Crippen LogP contribution in [0.3, 0.4) is 0 Å². The summed E-state index contributed by atoms with van der Waals surface area (Å²) >= 11 is 0. The summed E-state index contributed by atoms with van der Waals surface area (Å²) in [4.78, 5) is 3.55. The number of halogens is 1. The Hall–Kier alpha value is -1.04.